The molecular weight excluding hydrogens is 140 g/mol. The average Bonchev–Trinajstić information content (AvgIpc) is 1.77. The number of carbonyl (C=O) groups is 1. The van der Waals surface area contributed by atoms with Crippen molar-refractivity contribution in [1.29, 1.82) is 0 Å². The molecular formula is C9H16O2. The fourth-order valence-corrected chi connectivity index (χ4v) is 1.50. The van der Waals surface area contributed by atoms with E-state index in [9.17, 15) is 4.79 Å². The average molecular weight is 156 g/mol. The molecule has 1 fully saturated rings. The molecule has 0 aromatic rings. The van der Waals surface area contributed by atoms with E-state index in [-0.39, 0.29) is 11.2 Å². The number of ketones is 1. The molecule has 0 amide bonds. The smallest absolute Gasteiger partial charge is 0.130 e. The highest BCUT2D eigenvalue weighted by Crippen LogP contribution is 2.39. The second-order valence-electron chi connectivity index (χ2n) is 3.89. The second-order valence-corrected chi connectivity index (χ2v) is 3.89. The predicted molar refractivity (Wildman–Crippen MR) is 43.4 cm³/mol. The molecule has 0 aromatic carbocycles. The summed E-state index contributed by atoms with van der Waals surface area (Å²) in [6.45, 7) is 7.51. The van der Waals surface area contributed by atoms with Crippen molar-refractivity contribution in [3.63, 3.8) is 0 Å². The lowest BCUT2D eigenvalue weighted by molar-refractivity contribution is -0.154. The van der Waals surface area contributed by atoms with Crippen LogP contribution in [0.25, 0.3) is 0 Å². The van der Waals surface area contributed by atoms with E-state index in [0.29, 0.717) is 12.3 Å². The summed E-state index contributed by atoms with van der Waals surface area (Å²) in [5, 5.41) is 0. The van der Waals surface area contributed by atoms with E-state index in [0.717, 1.165) is 13.2 Å². The lowest BCUT2D eigenvalue weighted by atomic mass is 9.72. The van der Waals surface area contributed by atoms with Gasteiger partial charge in [-0.3, -0.25) is 0 Å². The molecule has 2 heteroatoms. The minimum Gasteiger partial charge on any atom is -0.380 e. The molecule has 0 N–H and O–H groups in total. The van der Waals surface area contributed by atoms with Crippen LogP contribution < -0.4 is 0 Å². The molecule has 0 atom stereocenters. The van der Waals surface area contributed by atoms with Gasteiger partial charge in [-0.05, 0) is 12.8 Å². The molecule has 1 aliphatic rings. The summed E-state index contributed by atoms with van der Waals surface area (Å²) in [7, 11) is 0. The monoisotopic (exact) mass is 156 g/mol. The molecule has 1 rings (SSSR count). The van der Waals surface area contributed by atoms with Gasteiger partial charge in [-0.1, -0.05) is 13.8 Å². The van der Waals surface area contributed by atoms with Crippen LogP contribution in [-0.4, -0.2) is 19.0 Å². The molecule has 1 saturated heterocycles. The molecule has 1 aliphatic heterocycles. The van der Waals surface area contributed by atoms with Crippen molar-refractivity contribution in [1.82, 2.24) is 0 Å². The first-order valence-corrected chi connectivity index (χ1v) is 4.14. The van der Waals surface area contributed by atoms with Crippen LogP contribution in [0.3, 0.4) is 0 Å². The van der Waals surface area contributed by atoms with Crippen molar-refractivity contribution in [2.45, 2.75) is 27.2 Å². The maximum absolute atomic E-state index is 10.9. The van der Waals surface area contributed by atoms with E-state index in [4.69, 9.17) is 4.74 Å². The normalized spacial score (nSPS) is 21.5. The van der Waals surface area contributed by atoms with Gasteiger partial charge in [-0.25, -0.2) is 0 Å². The number of Topliss-reactive ketones (excluding diaryl/α,β-unsaturated/α-hetero) is 1. The van der Waals surface area contributed by atoms with Gasteiger partial charge in [0.15, 0.2) is 0 Å². The van der Waals surface area contributed by atoms with Gasteiger partial charge in [0, 0.05) is 11.8 Å². The third kappa shape index (κ3) is 1.62. The van der Waals surface area contributed by atoms with Crippen molar-refractivity contribution in [3.05, 3.63) is 0 Å². The molecule has 0 saturated carbocycles. The number of ether oxygens (including phenoxy) is 1. The zero-order chi connectivity index (χ0) is 8.48. The first kappa shape index (κ1) is 8.72. The van der Waals surface area contributed by atoms with Crippen LogP contribution in [0.1, 0.15) is 27.2 Å². The number of carbonyl (C=O) groups excluding carboxylic acids is 1. The Bertz CT molecular complexity index is 157. The van der Waals surface area contributed by atoms with E-state index < -0.39 is 0 Å². The van der Waals surface area contributed by atoms with Gasteiger partial charge in [0.05, 0.1) is 13.2 Å². The third-order valence-electron chi connectivity index (χ3n) is 2.60. The molecule has 1 heterocycles. The van der Waals surface area contributed by atoms with E-state index in [1.807, 2.05) is 0 Å². The van der Waals surface area contributed by atoms with Crippen LogP contribution in [0.4, 0.5) is 0 Å². The Balaban J connectivity index is 2.53. The molecule has 0 spiro atoms. The SMILES string of the molecule is CC(=O)CC1(C(C)C)COC1. The van der Waals surface area contributed by atoms with Crippen LogP contribution in [0.5, 0.6) is 0 Å². The molecule has 0 unspecified atom stereocenters. The Morgan fingerprint density at radius 2 is 2.09 bits per heavy atom. The highest BCUT2D eigenvalue weighted by atomic mass is 16.5. The van der Waals surface area contributed by atoms with Gasteiger partial charge in [0.25, 0.3) is 0 Å². The fourth-order valence-electron chi connectivity index (χ4n) is 1.50. The summed E-state index contributed by atoms with van der Waals surface area (Å²) in [5.41, 5.74) is 0.172. The molecule has 0 aliphatic carbocycles. The Hall–Kier alpha value is -0.370. The van der Waals surface area contributed by atoms with Gasteiger partial charge in [0.1, 0.15) is 5.78 Å². The standard InChI is InChI=1S/C9H16O2/c1-7(2)9(4-8(3)10)5-11-6-9/h7H,4-6H2,1-3H3. The van der Waals surface area contributed by atoms with Crippen LogP contribution in [0.15, 0.2) is 0 Å². The van der Waals surface area contributed by atoms with Gasteiger partial charge in [-0.15, -0.1) is 0 Å². The molecule has 0 radical (unpaired) electrons. The first-order valence-electron chi connectivity index (χ1n) is 4.14. The lowest BCUT2D eigenvalue weighted by Gasteiger charge is -2.44. The summed E-state index contributed by atoms with van der Waals surface area (Å²) in [5.74, 6) is 0.835. The van der Waals surface area contributed by atoms with E-state index in [2.05, 4.69) is 13.8 Å². The van der Waals surface area contributed by atoms with Crippen molar-refractivity contribution in [3.8, 4) is 0 Å². The molecule has 11 heavy (non-hydrogen) atoms. The van der Waals surface area contributed by atoms with Gasteiger partial charge in [-0.2, -0.15) is 0 Å². The summed E-state index contributed by atoms with van der Waals surface area (Å²) in [4.78, 5) is 10.9. The maximum atomic E-state index is 10.9. The summed E-state index contributed by atoms with van der Waals surface area (Å²) < 4.78 is 5.15. The quantitative estimate of drug-likeness (QED) is 0.621. The van der Waals surface area contributed by atoms with E-state index in [1.54, 1.807) is 6.92 Å². The van der Waals surface area contributed by atoms with Crippen LogP contribution in [0.2, 0.25) is 0 Å². The number of hydrogen-bond donors (Lipinski definition) is 0. The van der Waals surface area contributed by atoms with Gasteiger partial charge >= 0.3 is 0 Å². The molecule has 0 bridgehead atoms. The van der Waals surface area contributed by atoms with Crippen molar-refractivity contribution in [2.24, 2.45) is 11.3 Å². The van der Waals surface area contributed by atoms with E-state index >= 15 is 0 Å². The van der Waals surface area contributed by atoms with Crippen LogP contribution in [0, 0.1) is 11.3 Å². The number of rotatable bonds is 3. The molecule has 64 valence electrons. The Morgan fingerprint density at radius 1 is 1.55 bits per heavy atom. The zero-order valence-corrected chi connectivity index (χ0v) is 7.52. The second kappa shape index (κ2) is 2.94. The van der Waals surface area contributed by atoms with Crippen molar-refractivity contribution >= 4 is 5.78 Å². The minimum atomic E-state index is 0.172. The predicted octanol–water partition coefficient (Wildman–Crippen LogP) is 1.64. The van der Waals surface area contributed by atoms with Gasteiger partial charge < -0.3 is 9.53 Å². The van der Waals surface area contributed by atoms with Crippen molar-refractivity contribution in [2.75, 3.05) is 13.2 Å². The number of hydrogen-bond acceptors (Lipinski definition) is 2. The fraction of sp³-hybridized carbons (Fsp3) is 0.889. The Kier molecular flexibility index (Phi) is 2.33. The highest BCUT2D eigenvalue weighted by molar-refractivity contribution is 5.76. The summed E-state index contributed by atoms with van der Waals surface area (Å²) >= 11 is 0. The largest absolute Gasteiger partial charge is 0.380 e. The Morgan fingerprint density at radius 3 is 2.18 bits per heavy atom. The first-order chi connectivity index (χ1) is 5.07. The van der Waals surface area contributed by atoms with Gasteiger partial charge in [0.2, 0.25) is 0 Å². The van der Waals surface area contributed by atoms with Crippen LogP contribution >= 0.6 is 0 Å². The molecule has 0 aromatic heterocycles. The maximum Gasteiger partial charge on any atom is 0.130 e. The minimum absolute atomic E-state index is 0.172. The highest BCUT2D eigenvalue weighted by Gasteiger charge is 2.42. The summed E-state index contributed by atoms with van der Waals surface area (Å²) in [6.07, 6.45) is 0.685. The topological polar surface area (TPSA) is 26.3 Å². The molecule has 2 nitrogen and oxygen atoms in total. The summed E-state index contributed by atoms with van der Waals surface area (Å²) in [6, 6.07) is 0. The van der Waals surface area contributed by atoms with Crippen molar-refractivity contribution < 1.29 is 9.53 Å². The Labute approximate surface area is 67.9 Å². The lowest BCUT2D eigenvalue weighted by Crippen LogP contribution is -2.47. The zero-order valence-electron chi connectivity index (χ0n) is 7.52. The third-order valence-corrected chi connectivity index (χ3v) is 2.60. The van der Waals surface area contributed by atoms with Crippen LogP contribution in [-0.2, 0) is 9.53 Å². The van der Waals surface area contributed by atoms with E-state index in [1.165, 1.54) is 0 Å².